The summed E-state index contributed by atoms with van der Waals surface area (Å²) >= 11 is 0. The molecule has 1 aliphatic rings. The SMILES string of the molecule is CCn1nc(C)c([N+](=O)[O-])c1NC1CC(O)C1(C)C. The van der Waals surface area contributed by atoms with E-state index >= 15 is 0 Å². The van der Waals surface area contributed by atoms with Gasteiger partial charge in [0.15, 0.2) is 0 Å². The molecule has 2 atom stereocenters. The Morgan fingerprint density at radius 2 is 2.26 bits per heavy atom. The number of nitrogens with one attached hydrogen (secondary N) is 1. The maximum absolute atomic E-state index is 11.1. The van der Waals surface area contributed by atoms with E-state index in [2.05, 4.69) is 10.4 Å². The molecule has 1 aromatic rings. The summed E-state index contributed by atoms with van der Waals surface area (Å²) in [7, 11) is 0. The van der Waals surface area contributed by atoms with Crippen molar-refractivity contribution >= 4 is 11.5 Å². The van der Waals surface area contributed by atoms with E-state index in [1.165, 1.54) is 0 Å². The molecule has 2 N–H and O–H groups in total. The van der Waals surface area contributed by atoms with Crippen molar-refractivity contribution in [1.29, 1.82) is 0 Å². The van der Waals surface area contributed by atoms with E-state index in [1.54, 1.807) is 11.6 Å². The number of anilines is 1. The van der Waals surface area contributed by atoms with Crippen LogP contribution < -0.4 is 5.32 Å². The highest BCUT2D eigenvalue weighted by Crippen LogP contribution is 2.43. The molecule has 0 aliphatic heterocycles. The molecule has 1 heterocycles. The molecule has 0 saturated heterocycles. The van der Waals surface area contributed by atoms with Crippen LogP contribution in [0.1, 0.15) is 32.9 Å². The summed E-state index contributed by atoms with van der Waals surface area (Å²) in [4.78, 5) is 10.7. The monoisotopic (exact) mass is 268 g/mol. The summed E-state index contributed by atoms with van der Waals surface area (Å²) < 4.78 is 1.61. The molecule has 0 amide bonds. The van der Waals surface area contributed by atoms with Gasteiger partial charge < -0.3 is 10.4 Å². The average Bonchev–Trinajstić information content (AvgIpc) is 2.65. The number of aryl methyl sites for hydroxylation is 2. The van der Waals surface area contributed by atoms with Gasteiger partial charge in [0.25, 0.3) is 0 Å². The van der Waals surface area contributed by atoms with E-state index in [0.29, 0.717) is 24.5 Å². The van der Waals surface area contributed by atoms with Crippen LogP contribution in [0, 0.1) is 22.5 Å². The summed E-state index contributed by atoms with van der Waals surface area (Å²) in [6.07, 6.45) is 0.223. The first-order valence-corrected chi connectivity index (χ1v) is 6.45. The fraction of sp³-hybridized carbons (Fsp3) is 0.750. The lowest BCUT2D eigenvalue weighted by Crippen LogP contribution is -2.57. The van der Waals surface area contributed by atoms with Crippen LogP contribution in [0.25, 0.3) is 0 Å². The van der Waals surface area contributed by atoms with Crippen molar-refractivity contribution in [3.8, 4) is 0 Å². The summed E-state index contributed by atoms with van der Waals surface area (Å²) in [6.45, 7) is 7.99. The molecule has 0 spiro atoms. The minimum absolute atomic E-state index is 0.0163. The van der Waals surface area contributed by atoms with Gasteiger partial charge in [0.1, 0.15) is 5.69 Å². The average molecular weight is 268 g/mol. The Labute approximate surface area is 111 Å². The minimum Gasteiger partial charge on any atom is -0.392 e. The first-order chi connectivity index (χ1) is 8.78. The Morgan fingerprint density at radius 3 is 2.68 bits per heavy atom. The molecule has 0 aromatic carbocycles. The molecule has 106 valence electrons. The number of aliphatic hydroxyl groups excluding tert-OH is 1. The molecule has 2 rings (SSSR count). The van der Waals surface area contributed by atoms with Crippen LogP contribution in [0.15, 0.2) is 0 Å². The van der Waals surface area contributed by atoms with Gasteiger partial charge in [-0.25, -0.2) is 4.68 Å². The molecule has 2 unspecified atom stereocenters. The lowest BCUT2D eigenvalue weighted by molar-refractivity contribution is -0.384. The van der Waals surface area contributed by atoms with Crippen molar-refractivity contribution in [3.05, 3.63) is 15.8 Å². The summed E-state index contributed by atoms with van der Waals surface area (Å²) in [6, 6.07) is 0.0163. The maximum Gasteiger partial charge on any atom is 0.333 e. The molecule has 1 fully saturated rings. The predicted octanol–water partition coefficient (Wildman–Crippen LogP) is 1.69. The lowest BCUT2D eigenvalue weighted by Gasteiger charge is -2.49. The van der Waals surface area contributed by atoms with Gasteiger partial charge >= 0.3 is 5.69 Å². The largest absolute Gasteiger partial charge is 0.392 e. The van der Waals surface area contributed by atoms with Crippen molar-refractivity contribution in [2.24, 2.45) is 5.41 Å². The summed E-state index contributed by atoms with van der Waals surface area (Å²) in [5.74, 6) is 0.440. The van der Waals surface area contributed by atoms with Crippen molar-refractivity contribution in [2.45, 2.75) is 52.8 Å². The van der Waals surface area contributed by atoms with Gasteiger partial charge in [0.05, 0.1) is 11.0 Å². The van der Waals surface area contributed by atoms with E-state index in [1.807, 2.05) is 20.8 Å². The number of hydrogen-bond acceptors (Lipinski definition) is 5. The van der Waals surface area contributed by atoms with E-state index in [9.17, 15) is 15.2 Å². The fourth-order valence-electron chi connectivity index (χ4n) is 2.47. The molecule has 1 aromatic heterocycles. The highest BCUT2D eigenvalue weighted by molar-refractivity contribution is 5.60. The Morgan fingerprint density at radius 1 is 1.63 bits per heavy atom. The van der Waals surface area contributed by atoms with Crippen LogP contribution in [0.4, 0.5) is 11.5 Å². The zero-order chi connectivity index (χ0) is 14.4. The van der Waals surface area contributed by atoms with Crippen LogP contribution in [0.5, 0.6) is 0 Å². The third kappa shape index (κ3) is 2.07. The van der Waals surface area contributed by atoms with Crippen molar-refractivity contribution < 1.29 is 10.0 Å². The zero-order valence-corrected chi connectivity index (χ0v) is 11.7. The molecule has 1 aliphatic carbocycles. The molecule has 1 saturated carbocycles. The van der Waals surface area contributed by atoms with Gasteiger partial charge in [-0.2, -0.15) is 5.10 Å². The van der Waals surface area contributed by atoms with E-state index in [-0.39, 0.29) is 23.2 Å². The second-order valence-corrected chi connectivity index (χ2v) is 5.63. The number of hydrogen-bond donors (Lipinski definition) is 2. The van der Waals surface area contributed by atoms with Crippen LogP contribution in [0.2, 0.25) is 0 Å². The number of rotatable bonds is 4. The van der Waals surface area contributed by atoms with Gasteiger partial charge in [-0.05, 0) is 20.3 Å². The van der Waals surface area contributed by atoms with Gasteiger partial charge in [0, 0.05) is 18.0 Å². The topological polar surface area (TPSA) is 93.2 Å². The predicted molar refractivity (Wildman–Crippen MR) is 71.1 cm³/mol. The Hall–Kier alpha value is -1.63. The Balaban J connectivity index is 2.32. The van der Waals surface area contributed by atoms with Gasteiger partial charge in [0.2, 0.25) is 5.82 Å². The highest BCUT2D eigenvalue weighted by atomic mass is 16.6. The van der Waals surface area contributed by atoms with Gasteiger partial charge in [-0.15, -0.1) is 0 Å². The molecule has 7 nitrogen and oxygen atoms in total. The first kappa shape index (κ1) is 13.8. The Bertz CT molecular complexity index is 509. The van der Waals surface area contributed by atoms with E-state index in [4.69, 9.17) is 0 Å². The van der Waals surface area contributed by atoms with Crippen LogP contribution in [-0.2, 0) is 6.54 Å². The summed E-state index contributed by atoms with van der Waals surface area (Å²) in [5, 5.41) is 28.3. The lowest BCUT2D eigenvalue weighted by atomic mass is 9.64. The normalized spacial score (nSPS) is 24.9. The molecule has 0 bridgehead atoms. The zero-order valence-electron chi connectivity index (χ0n) is 11.7. The first-order valence-electron chi connectivity index (χ1n) is 6.45. The van der Waals surface area contributed by atoms with Crippen molar-refractivity contribution in [2.75, 3.05) is 5.32 Å². The van der Waals surface area contributed by atoms with Gasteiger partial charge in [-0.3, -0.25) is 10.1 Å². The third-order valence-electron chi connectivity index (χ3n) is 4.10. The molecule has 19 heavy (non-hydrogen) atoms. The molecular formula is C12H20N4O3. The molecule has 7 heteroatoms. The van der Waals surface area contributed by atoms with Crippen molar-refractivity contribution in [1.82, 2.24) is 9.78 Å². The van der Waals surface area contributed by atoms with Crippen molar-refractivity contribution in [3.63, 3.8) is 0 Å². The van der Waals surface area contributed by atoms with Gasteiger partial charge in [-0.1, -0.05) is 13.8 Å². The minimum atomic E-state index is -0.404. The smallest absolute Gasteiger partial charge is 0.333 e. The maximum atomic E-state index is 11.1. The van der Waals surface area contributed by atoms with E-state index in [0.717, 1.165) is 0 Å². The molecule has 0 radical (unpaired) electrons. The quantitative estimate of drug-likeness (QED) is 0.640. The second kappa shape index (κ2) is 4.48. The number of nitro groups is 1. The van der Waals surface area contributed by atoms with Crippen LogP contribution >= 0.6 is 0 Å². The standard InChI is InChI=1S/C12H20N4O3/c1-5-15-11(10(16(18)19)7(2)14-15)13-8-6-9(17)12(8,3)4/h8-9,13,17H,5-6H2,1-4H3. The Kier molecular flexibility index (Phi) is 3.25. The highest BCUT2D eigenvalue weighted by Gasteiger charge is 2.48. The van der Waals surface area contributed by atoms with E-state index < -0.39 is 4.92 Å². The molecular weight excluding hydrogens is 248 g/mol. The third-order valence-corrected chi connectivity index (χ3v) is 4.10. The fourth-order valence-corrected chi connectivity index (χ4v) is 2.47. The number of nitrogens with zero attached hydrogens (tertiary/aromatic N) is 3. The second-order valence-electron chi connectivity index (χ2n) is 5.63. The van der Waals surface area contributed by atoms with Crippen LogP contribution in [0.3, 0.4) is 0 Å². The number of aliphatic hydroxyl groups is 1. The number of aromatic nitrogens is 2. The summed E-state index contributed by atoms with van der Waals surface area (Å²) in [5.41, 5.74) is 0.149. The van der Waals surface area contributed by atoms with Crippen LogP contribution in [-0.4, -0.2) is 32.0 Å².